The molecule has 32 heavy (non-hydrogen) atoms. The maximum Gasteiger partial charge on any atom is 0.338 e. The Morgan fingerprint density at radius 2 is 1.62 bits per heavy atom. The monoisotopic (exact) mass is 440 g/mol. The van der Waals surface area contributed by atoms with Crippen LogP contribution in [0, 0.1) is 0 Å². The van der Waals surface area contributed by atoms with Crippen molar-refractivity contribution in [3.63, 3.8) is 0 Å². The van der Waals surface area contributed by atoms with Gasteiger partial charge in [-0.3, -0.25) is 4.90 Å². The number of hydrogen-bond donors (Lipinski definition) is 3. The van der Waals surface area contributed by atoms with Gasteiger partial charge in [-0.2, -0.15) is 4.99 Å². The number of anilines is 1. The molecule has 0 unspecified atom stereocenters. The van der Waals surface area contributed by atoms with Crippen LogP contribution in [0.2, 0.25) is 0 Å². The van der Waals surface area contributed by atoms with E-state index < -0.39 is 5.66 Å². The number of esters is 1. The second-order valence-electron chi connectivity index (χ2n) is 10.7. The highest BCUT2D eigenvalue weighted by atomic mass is 16.5. The van der Waals surface area contributed by atoms with E-state index in [9.17, 15) is 4.79 Å². The summed E-state index contributed by atoms with van der Waals surface area (Å²) in [5, 5.41) is 3.61. The molecule has 174 valence electrons. The average molecular weight is 441 g/mol. The van der Waals surface area contributed by atoms with Gasteiger partial charge in [0.05, 0.1) is 5.56 Å². The molecule has 0 aromatic heterocycles. The summed E-state index contributed by atoms with van der Waals surface area (Å²) in [7, 11) is 0. The number of piperidine rings is 1. The Morgan fingerprint density at radius 3 is 2.22 bits per heavy atom. The number of nitrogens with one attached hydrogen (secondary N) is 1. The number of benzene rings is 1. The first-order chi connectivity index (χ1) is 15.0. The van der Waals surface area contributed by atoms with Gasteiger partial charge in [0.25, 0.3) is 0 Å². The normalized spacial score (nSPS) is 24.6. The fraction of sp³-hybridized carbons (Fsp3) is 0.625. The molecule has 1 aliphatic carbocycles. The number of aliphatic imine (C=N–C) groups is 2. The van der Waals surface area contributed by atoms with Crippen molar-refractivity contribution in [1.82, 2.24) is 5.32 Å². The Balaban J connectivity index is 1.51. The van der Waals surface area contributed by atoms with Crippen LogP contribution in [0.4, 0.5) is 5.69 Å². The fourth-order valence-electron chi connectivity index (χ4n) is 5.77. The number of nitrogens with two attached hydrogens (primary N) is 2. The molecule has 1 spiro atoms. The molecule has 8 heteroatoms. The lowest BCUT2D eigenvalue weighted by Gasteiger charge is -2.46. The molecule has 8 nitrogen and oxygen atoms in total. The maximum absolute atomic E-state index is 12.9. The van der Waals surface area contributed by atoms with Crippen LogP contribution >= 0.6 is 0 Å². The van der Waals surface area contributed by atoms with Crippen LogP contribution in [0.1, 0.15) is 83.0 Å². The van der Waals surface area contributed by atoms with Crippen molar-refractivity contribution in [1.29, 1.82) is 0 Å². The Morgan fingerprint density at radius 1 is 1.03 bits per heavy atom. The topological polar surface area (TPSA) is 118 Å². The van der Waals surface area contributed by atoms with Crippen LogP contribution < -0.4 is 21.7 Å². The molecular formula is C24H36N6O2. The molecule has 4 rings (SSSR count). The number of rotatable bonds is 3. The van der Waals surface area contributed by atoms with Crippen molar-refractivity contribution in [3.05, 3.63) is 29.8 Å². The molecule has 0 bridgehead atoms. The van der Waals surface area contributed by atoms with Gasteiger partial charge in [-0.25, -0.2) is 9.79 Å². The smallest absolute Gasteiger partial charge is 0.338 e. The Bertz CT molecular complexity index is 912. The van der Waals surface area contributed by atoms with Gasteiger partial charge in [0.1, 0.15) is 11.8 Å². The van der Waals surface area contributed by atoms with E-state index in [0.717, 1.165) is 44.2 Å². The fourth-order valence-corrected chi connectivity index (χ4v) is 5.77. The second kappa shape index (κ2) is 8.06. The highest BCUT2D eigenvalue weighted by Crippen LogP contribution is 2.39. The highest BCUT2D eigenvalue weighted by molar-refractivity contribution is 6.05. The van der Waals surface area contributed by atoms with Gasteiger partial charge < -0.3 is 21.5 Å². The Kier molecular flexibility index (Phi) is 5.69. The van der Waals surface area contributed by atoms with E-state index in [2.05, 4.69) is 38.0 Å². The molecule has 3 aliphatic rings. The molecule has 5 N–H and O–H groups in total. The molecule has 1 saturated carbocycles. The number of ether oxygens (including phenoxy) is 1. The van der Waals surface area contributed by atoms with Crippen molar-refractivity contribution in [2.75, 3.05) is 4.90 Å². The van der Waals surface area contributed by atoms with Gasteiger partial charge in [0.15, 0.2) is 0 Å². The van der Waals surface area contributed by atoms with Gasteiger partial charge in [-0.05, 0) is 77.6 Å². The van der Waals surface area contributed by atoms with E-state index in [-0.39, 0.29) is 29.1 Å². The zero-order valence-electron chi connectivity index (χ0n) is 19.6. The number of carbonyl (C=O) groups excluding carboxylic acids is 1. The quantitative estimate of drug-likeness (QED) is 0.621. The predicted octanol–water partition coefficient (Wildman–Crippen LogP) is 3.26. The van der Waals surface area contributed by atoms with Gasteiger partial charge in [-0.15, -0.1) is 0 Å². The van der Waals surface area contributed by atoms with Gasteiger partial charge in [0.2, 0.25) is 11.9 Å². The zero-order valence-corrected chi connectivity index (χ0v) is 19.6. The molecule has 1 aromatic rings. The van der Waals surface area contributed by atoms with Gasteiger partial charge in [-0.1, -0.05) is 6.42 Å². The maximum atomic E-state index is 12.9. The van der Waals surface area contributed by atoms with Gasteiger partial charge in [0, 0.05) is 29.6 Å². The van der Waals surface area contributed by atoms with Crippen LogP contribution in [-0.2, 0) is 4.74 Å². The summed E-state index contributed by atoms with van der Waals surface area (Å²) in [6.07, 6.45) is 6.48. The molecule has 0 radical (unpaired) electrons. The third-order valence-corrected chi connectivity index (χ3v) is 6.64. The first-order valence-electron chi connectivity index (χ1n) is 11.6. The minimum absolute atomic E-state index is 0.0850. The summed E-state index contributed by atoms with van der Waals surface area (Å²) < 4.78 is 5.90. The summed E-state index contributed by atoms with van der Waals surface area (Å²) in [4.78, 5) is 23.8. The summed E-state index contributed by atoms with van der Waals surface area (Å²) in [6, 6.07) is 7.37. The molecular weight excluding hydrogens is 404 g/mol. The van der Waals surface area contributed by atoms with Crippen LogP contribution in [0.25, 0.3) is 0 Å². The molecule has 2 fully saturated rings. The predicted molar refractivity (Wildman–Crippen MR) is 128 cm³/mol. The van der Waals surface area contributed by atoms with E-state index in [0.29, 0.717) is 11.5 Å². The van der Waals surface area contributed by atoms with E-state index in [1.807, 2.05) is 17.0 Å². The van der Waals surface area contributed by atoms with Crippen LogP contribution in [0.3, 0.4) is 0 Å². The first-order valence-corrected chi connectivity index (χ1v) is 11.6. The van der Waals surface area contributed by atoms with E-state index in [4.69, 9.17) is 21.2 Å². The molecule has 2 aliphatic heterocycles. The molecule has 0 amide bonds. The lowest BCUT2D eigenvalue weighted by Crippen LogP contribution is -2.59. The molecule has 0 atom stereocenters. The van der Waals surface area contributed by atoms with Crippen molar-refractivity contribution >= 4 is 23.6 Å². The van der Waals surface area contributed by atoms with E-state index >= 15 is 0 Å². The van der Waals surface area contributed by atoms with Crippen LogP contribution in [-0.4, -0.2) is 40.7 Å². The number of hydrogen-bond acceptors (Lipinski definition) is 8. The summed E-state index contributed by atoms with van der Waals surface area (Å²) in [5.74, 6) is 0.271. The highest BCUT2D eigenvalue weighted by Gasteiger charge is 2.43. The van der Waals surface area contributed by atoms with Crippen molar-refractivity contribution in [3.8, 4) is 0 Å². The standard InChI is InChI=1S/C24H36N6O2/c1-22(2)14-18(15-23(3,4)29-22)32-19(31)16-8-10-17(11-9-16)30-21(26)27-20(25)28-24(30)12-6-5-7-13-24/h8-11,18,29H,5-7,12-15H2,1-4H3,(H4,25,26,27,28). The third-order valence-electron chi connectivity index (χ3n) is 6.64. The molecule has 2 heterocycles. The van der Waals surface area contributed by atoms with Crippen LogP contribution in [0.15, 0.2) is 34.3 Å². The van der Waals surface area contributed by atoms with Crippen molar-refractivity contribution < 1.29 is 9.53 Å². The minimum Gasteiger partial charge on any atom is -0.459 e. The lowest BCUT2D eigenvalue weighted by molar-refractivity contribution is -0.00637. The second-order valence-corrected chi connectivity index (χ2v) is 10.7. The minimum atomic E-state index is -0.498. The van der Waals surface area contributed by atoms with Gasteiger partial charge >= 0.3 is 5.97 Å². The van der Waals surface area contributed by atoms with Crippen LogP contribution in [0.5, 0.6) is 0 Å². The largest absolute Gasteiger partial charge is 0.459 e. The number of guanidine groups is 2. The number of nitrogens with zero attached hydrogens (tertiary/aromatic N) is 3. The molecule has 1 saturated heterocycles. The average Bonchev–Trinajstić information content (AvgIpc) is 2.66. The summed E-state index contributed by atoms with van der Waals surface area (Å²) in [6.45, 7) is 8.57. The van der Waals surface area contributed by atoms with E-state index in [1.165, 1.54) is 6.42 Å². The van der Waals surface area contributed by atoms with E-state index in [1.54, 1.807) is 12.1 Å². The van der Waals surface area contributed by atoms with Crippen molar-refractivity contribution in [2.45, 2.75) is 95.5 Å². The molecule has 1 aromatic carbocycles. The number of carbonyl (C=O) groups is 1. The summed E-state index contributed by atoms with van der Waals surface area (Å²) in [5.41, 5.74) is 13.0. The SMILES string of the molecule is CC1(C)CC(OC(=O)c2ccc(N3C(N)=NC(N)=NC34CCCCC4)cc2)CC(C)(C)N1. The van der Waals surface area contributed by atoms with Crippen molar-refractivity contribution in [2.24, 2.45) is 21.5 Å². The Labute approximate surface area is 190 Å². The summed E-state index contributed by atoms with van der Waals surface area (Å²) >= 11 is 0. The first kappa shape index (κ1) is 22.6. The third kappa shape index (κ3) is 4.60. The lowest BCUT2D eigenvalue weighted by atomic mass is 9.81. The Hall–Kier alpha value is -2.61. The zero-order chi connectivity index (χ0) is 23.1.